The first-order chi connectivity index (χ1) is 9.22. The minimum Gasteiger partial charge on any atom is -0.304 e. The molecule has 0 aliphatic rings. The third-order valence-electron chi connectivity index (χ3n) is 3.34. The van der Waals surface area contributed by atoms with Crippen molar-refractivity contribution in [1.29, 1.82) is 0 Å². The molecular formula is C16H22N2S. The largest absolute Gasteiger partial charge is 0.304 e. The van der Waals surface area contributed by atoms with E-state index in [1.54, 1.807) is 0 Å². The van der Waals surface area contributed by atoms with Crippen LogP contribution in [0.4, 0.5) is 0 Å². The molecule has 0 amide bonds. The Morgan fingerprint density at radius 2 is 1.95 bits per heavy atom. The van der Waals surface area contributed by atoms with E-state index in [-0.39, 0.29) is 0 Å². The van der Waals surface area contributed by atoms with Gasteiger partial charge in [0.25, 0.3) is 0 Å². The highest BCUT2D eigenvalue weighted by Gasteiger charge is 2.09. The fraction of sp³-hybridized carbons (Fsp3) is 0.438. The van der Waals surface area contributed by atoms with Crippen molar-refractivity contribution in [3.8, 4) is 0 Å². The fourth-order valence-corrected chi connectivity index (χ4v) is 2.91. The van der Waals surface area contributed by atoms with E-state index >= 15 is 0 Å². The van der Waals surface area contributed by atoms with Gasteiger partial charge < -0.3 is 5.32 Å². The molecule has 0 saturated carbocycles. The lowest BCUT2D eigenvalue weighted by Gasteiger charge is -2.16. The van der Waals surface area contributed by atoms with Gasteiger partial charge in [0.2, 0.25) is 0 Å². The molecule has 19 heavy (non-hydrogen) atoms. The molecule has 0 aliphatic carbocycles. The summed E-state index contributed by atoms with van der Waals surface area (Å²) in [4.78, 5) is 5.82. The van der Waals surface area contributed by atoms with Crippen LogP contribution in [0.3, 0.4) is 0 Å². The van der Waals surface area contributed by atoms with Gasteiger partial charge >= 0.3 is 0 Å². The Morgan fingerprint density at radius 3 is 2.53 bits per heavy atom. The molecule has 1 aromatic carbocycles. The SMILES string of the molecule is CCc1cnc(CNC(CC)c2ccc(C)cc2)s1. The molecule has 1 N–H and O–H groups in total. The van der Waals surface area contributed by atoms with Gasteiger partial charge in [0.1, 0.15) is 5.01 Å². The smallest absolute Gasteiger partial charge is 0.107 e. The van der Waals surface area contributed by atoms with Gasteiger partial charge in [-0.15, -0.1) is 11.3 Å². The number of benzene rings is 1. The minimum absolute atomic E-state index is 0.412. The normalized spacial score (nSPS) is 12.6. The van der Waals surface area contributed by atoms with Crippen LogP contribution in [-0.2, 0) is 13.0 Å². The van der Waals surface area contributed by atoms with Crippen LogP contribution in [0.15, 0.2) is 30.5 Å². The van der Waals surface area contributed by atoms with E-state index in [1.807, 2.05) is 17.5 Å². The van der Waals surface area contributed by atoms with Crippen LogP contribution in [0.1, 0.15) is 47.3 Å². The van der Waals surface area contributed by atoms with E-state index in [1.165, 1.54) is 21.0 Å². The first kappa shape index (κ1) is 14.2. The number of thiazole rings is 1. The van der Waals surface area contributed by atoms with Gasteiger partial charge in [-0.1, -0.05) is 43.7 Å². The summed E-state index contributed by atoms with van der Waals surface area (Å²) in [6.45, 7) is 7.37. The zero-order valence-corrected chi connectivity index (χ0v) is 12.8. The average Bonchev–Trinajstić information content (AvgIpc) is 2.89. The maximum absolute atomic E-state index is 4.46. The number of hydrogen-bond donors (Lipinski definition) is 1. The standard InChI is InChI=1S/C16H22N2S/c1-4-14-10-18-16(19-14)11-17-15(5-2)13-8-6-12(3)7-9-13/h6-10,15,17H,4-5,11H2,1-3H3. The van der Waals surface area contributed by atoms with Gasteiger partial charge in [-0.3, -0.25) is 0 Å². The summed E-state index contributed by atoms with van der Waals surface area (Å²) in [5, 5.41) is 4.79. The van der Waals surface area contributed by atoms with Gasteiger partial charge in [-0.05, 0) is 25.3 Å². The van der Waals surface area contributed by atoms with Crippen molar-refractivity contribution in [1.82, 2.24) is 10.3 Å². The molecule has 2 rings (SSSR count). The highest BCUT2D eigenvalue weighted by molar-refractivity contribution is 7.11. The number of nitrogens with zero attached hydrogens (tertiary/aromatic N) is 1. The van der Waals surface area contributed by atoms with Gasteiger partial charge in [-0.2, -0.15) is 0 Å². The summed E-state index contributed by atoms with van der Waals surface area (Å²) in [7, 11) is 0. The lowest BCUT2D eigenvalue weighted by Crippen LogP contribution is -2.20. The van der Waals surface area contributed by atoms with Crippen molar-refractivity contribution in [3.05, 3.63) is 51.5 Å². The van der Waals surface area contributed by atoms with Crippen LogP contribution in [0.25, 0.3) is 0 Å². The molecule has 0 radical (unpaired) electrons. The Morgan fingerprint density at radius 1 is 1.21 bits per heavy atom. The lowest BCUT2D eigenvalue weighted by atomic mass is 10.0. The molecule has 0 saturated heterocycles. The average molecular weight is 274 g/mol. The van der Waals surface area contributed by atoms with Crippen molar-refractivity contribution in [2.75, 3.05) is 0 Å². The zero-order valence-electron chi connectivity index (χ0n) is 11.9. The van der Waals surface area contributed by atoms with Crippen LogP contribution in [-0.4, -0.2) is 4.98 Å². The van der Waals surface area contributed by atoms with Crippen molar-refractivity contribution < 1.29 is 0 Å². The molecule has 2 nitrogen and oxygen atoms in total. The monoisotopic (exact) mass is 274 g/mol. The highest BCUT2D eigenvalue weighted by Crippen LogP contribution is 2.19. The second-order valence-corrected chi connectivity index (χ2v) is 6.03. The molecule has 0 aliphatic heterocycles. The molecule has 0 bridgehead atoms. The molecule has 1 atom stereocenters. The molecule has 0 spiro atoms. The molecule has 102 valence electrons. The number of hydrogen-bond acceptors (Lipinski definition) is 3. The summed E-state index contributed by atoms with van der Waals surface area (Å²) < 4.78 is 0. The van der Waals surface area contributed by atoms with Crippen LogP contribution in [0.2, 0.25) is 0 Å². The Labute approximate surface area is 119 Å². The van der Waals surface area contributed by atoms with Crippen LogP contribution in [0, 0.1) is 6.92 Å². The van der Waals surface area contributed by atoms with E-state index in [4.69, 9.17) is 0 Å². The van der Waals surface area contributed by atoms with Crippen molar-refractivity contribution >= 4 is 11.3 Å². The number of nitrogens with one attached hydrogen (secondary N) is 1. The second kappa shape index (κ2) is 6.83. The minimum atomic E-state index is 0.412. The Balaban J connectivity index is 1.97. The fourth-order valence-electron chi connectivity index (χ4n) is 2.10. The second-order valence-electron chi connectivity index (χ2n) is 4.83. The van der Waals surface area contributed by atoms with Crippen LogP contribution in [0.5, 0.6) is 0 Å². The third kappa shape index (κ3) is 3.88. The number of aryl methyl sites for hydroxylation is 2. The van der Waals surface area contributed by atoms with Gasteiger partial charge in [0.15, 0.2) is 0 Å². The molecular weight excluding hydrogens is 252 g/mol. The highest BCUT2D eigenvalue weighted by atomic mass is 32.1. The molecule has 2 aromatic rings. The van der Waals surface area contributed by atoms with Gasteiger partial charge in [0.05, 0.1) is 0 Å². The molecule has 1 aromatic heterocycles. The quantitative estimate of drug-likeness (QED) is 0.851. The maximum Gasteiger partial charge on any atom is 0.107 e. The predicted octanol–water partition coefficient (Wildman–Crippen LogP) is 4.25. The van der Waals surface area contributed by atoms with E-state index < -0.39 is 0 Å². The van der Waals surface area contributed by atoms with E-state index in [0.717, 1.165) is 19.4 Å². The van der Waals surface area contributed by atoms with Gasteiger partial charge in [0, 0.05) is 23.7 Å². The summed E-state index contributed by atoms with van der Waals surface area (Å²) in [6, 6.07) is 9.21. The summed E-state index contributed by atoms with van der Waals surface area (Å²) in [5.74, 6) is 0. The van der Waals surface area contributed by atoms with E-state index in [9.17, 15) is 0 Å². The zero-order chi connectivity index (χ0) is 13.7. The van der Waals surface area contributed by atoms with Crippen LogP contribution >= 0.6 is 11.3 Å². The lowest BCUT2D eigenvalue weighted by molar-refractivity contribution is 0.518. The maximum atomic E-state index is 4.46. The van der Waals surface area contributed by atoms with E-state index in [2.05, 4.69) is 55.3 Å². The summed E-state index contributed by atoms with van der Waals surface area (Å²) in [6.07, 6.45) is 4.16. The molecule has 0 fully saturated rings. The van der Waals surface area contributed by atoms with Crippen molar-refractivity contribution in [2.24, 2.45) is 0 Å². The summed E-state index contributed by atoms with van der Waals surface area (Å²) in [5.41, 5.74) is 2.67. The van der Waals surface area contributed by atoms with Crippen molar-refractivity contribution in [2.45, 2.75) is 46.2 Å². The Hall–Kier alpha value is -1.19. The first-order valence-corrected chi connectivity index (χ1v) is 7.78. The first-order valence-electron chi connectivity index (χ1n) is 6.96. The molecule has 3 heteroatoms. The molecule has 1 unspecified atom stereocenters. The number of rotatable bonds is 6. The Kier molecular flexibility index (Phi) is 5.11. The Bertz CT molecular complexity index is 502. The molecule has 1 heterocycles. The summed E-state index contributed by atoms with van der Waals surface area (Å²) >= 11 is 1.81. The predicted molar refractivity (Wildman–Crippen MR) is 82.5 cm³/mol. The van der Waals surface area contributed by atoms with E-state index in [0.29, 0.717) is 6.04 Å². The van der Waals surface area contributed by atoms with Crippen LogP contribution < -0.4 is 5.32 Å². The number of aromatic nitrogens is 1. The topological polar surface area (TPSA) is 24.9 Å². The van der Waals surface area contributed by atoms with Crippen molar-refractivity contribution in [3.63, 3.8) is 0 Å². The van der Waals surface area contributed by atoms with Gasteiger partial charge in [-0.25, -0.2) is 4.98 Å². The third-order valence-corrected chi connectivity index (χ3v) is 4.48.